The van der Waals surface area contributed by atoms with Crippen LogP contribution in [-0.4, -0.2) is 52.4 Å². The number of thiophene rings is 1. The standard InChI is InChI=1S/C23H28N4O4S/c1-4-17(21(28)24-15-10-12-26(13-11-15)23(30)31-5-2)27-22(29)19-16-8-6-7-9-18(16)32-20(19)14(3)25-27/h6-9,15,17H,4-5,10-13H2,1-3H3,(H,24,28). The summed E-state index contributed by atoms with van der Waals surface area (Å²) in [7, 11) is 0. The van der Waals surface area contributed by atoms with E-state index in [0.717, 1.165) is 20.5 Å². The van der Waals surface area contributed by atoms with Crippen LogP contribution in [0.4, 0.5) is 4.79 Å². The minimum Gasteiger partial charge on any atom is -0.450 e. The molecule has 0 bridgehead atoms. The Labute approximate surface area is 190 Å². The number of hydrogen-bond donors (Lipinski definition) is 1. The molecule has 0 aliphatic carbocycles. The Morgan fingerprint density at radius 1 is 1.25 bits per heavy atom. The molecule has 2 aromatic heterocycles. The van der Waals surface area contributed by atoms with E-state index in [9.17, 15) is 14.4 Å². The summed E-state index contributed by atoms with van der Waals surface area (Å²) in [6.45, 7) is 6.95. The lowest BCUT2D eigenvalue weighted by molar-refractivity contribution is -0.125. The minimum absolute atomic E-state index is 0.0512. The van der Waals surface area contributed by atoms with Gasteiger partial charge in [-0.3, -0.25) is 9.59 Å². The van der Waals surface area contributed by atoms with E-state index in [0.29, 0.717) is 44.3 Å². The van der Waals surface area contributed by atoms with Gasteiger partial charge in [0.1, 0.15) is 6.04 Å². The van der Waals surface area contributed by atoms with Crippen molar-refractivity contribution in [3.8, 4) is 0 Å². The smallest absolute Gasteiger partial charge is 0.409 e. The van der Waals surface area contributed by atoms with Crippen LogP contribution in [0.1, 0.15) is 44.8 Å². The fourth-order valence-corrected chi connectivity index (χ4v) is 5.41. The number of piperidine rings is 1. The predicted octanol–water partition coefficient (Wildman–Crippen LogP) is 3.61. The van der Waals surface area contributed by atoms with Crippen molar-refractivity contribution in [3.63, 3.8) is 0 Å². The summed E-state index contributed by atoms with van der Waals surface area (Å²) < 4.78 is 8.30. The fraction of sp³-hybridized carbons (Fsp3) is 0.478. The number of likely N-dealkylation sites (tertiary alicyclic amines) is 1. The number of aryl methyl sites for hydroxylation is 1. The second-order valence-electron chi connectivity index (χ2n) is 8.03. The molecule has 1 saturated heterocycles. The first-order chi connectivity index (χ1) is 15.4. The van der Waals surface area contributed by atoms with Crippen LogP contribution in [-0.2, 0) is 9.53 Å². The van der Waals surface area contributed by atoms with Crippen LogP contribution in [0.25, 0.3) is 20.2 Å². The summed E-state index contributed by atoms with van der Waals surface area (Å²) in [5.74, 6) is -0.213. The van der Waals surface area contributed by atoms with Gasteiger partial charge < -0.3 is 15.0 Å². The van der Waals surface area contributed by atoms with Gasteiger partial charge in [0.15, 0.2) is 0 Å². The molecule has 1 N–H and O–H groups in total. The zero-order valence-electron chi connectivity index (χ0n) is 18.6. The lowest BCUT2D eigenvalue weighted by atomic mass is 10.0. The normalized spacial score (nSPS) is 15.8. The largest absolute Gasteiger partial charge is 0.450 e. The van der Waals surface area contributed by atoms with Crippen molar-refractivity contribution in [2.75, 3.05) is 19.7 Å². The second kappa shape index (κ2) is 9.28. The van der Waals surface area contributed by atoms with Crippen LogP contribution in [0.3, 0.4) is 0 Å². The number of ether oxygens (including phenoxy) is 1. The van der Waals surface area contributed by atoms with E-state index in [1.807, 2.05) is 38.1 Å². The van der Waals surface area contributed by atoms with E-state index in [1.165, 1.54) is 4.68 Å². The van der Waals surface area contributed by atoms with Gasteiger partial charge in [-0.15, -0.1) is 11.3 Å². The predicted molar refractivity (Wildman–Crippen MR) is 125 cm³/mol. The van der Waals surface area contributed by atoms with Crippen molar-refractivity contribution in [2.45, 2.75) is 52.1 Å². The van der Waals surface area contributed by atoms with Crippen LogP contribution >= 0.6 is 11.3 Å². The SMILES string of the molecule is CCOC(=O)N1CCC(NC(=O)C(CC)n2nc(C)c3sc4ccccc4c3c2=O)CC1. The minimum atomic E-state index is -0.688. The Hall–Kier alpha value is -2.94. The van der Waals surface area contributed by atoms with Gasteiger partial charge in [-0.1, -0.05) is 25.1 Å². The van der Waals surface area contributed by atoms with Crippen molar-refractivity contribution in [1.82, 2.24) is 20.0 Å². The van der Waals surface area contributed by atoms with E-state index >= 15 is 0 Å². The monoisotopic (exact) mass is 456 g/mol. The molecule has 2 amide bonds. The average molecular weight is 457 g/mol. The van der Waals surface area contributed by atoms with E-state index in [1.54, 1.807) is 23.2 Å². The van der Waals surface area contributed by atoms with Crippen molar-refractivity contribution in [2.24, 2.45) is 0 Å². The van der Waals surface area contributed by atoms with Crippen LogP contribution < -0.4 is 10.9 Å². The fourth-order valence-electron chi connectivity index (χ4n) is 4.28. The maximum Gasteiger partial charge on any atom is 0.409 e. The molecule has 3 heterocycles. The third kappa shape index (κ3) is 4.09. The Balaban J connectivity index is 1.56. The molecule has 1 aromatic carbocycles. The van der Waals surface area contributed by atoms with E-state index in [2.05, 4.69) is 10.4 Å². The third-order valence-electron chi connectivity index (χ3n) is 5.96. The quantitative estimate of drug-likeness (QED) is 0.633. The van der Waals surface area contributed by atoms with Gasteiger partial charge in [0, 0.05) is 29.2 Å². The van der Waals surface area contributed by atoms with Crippen LogP contribution in [0, 0.1) is 6.92 Å². The summed E-state index contributed by atoms with van der Waals surface area (Å²) in [5, 5.41) is 9.13. The molecule has 1 fully saturated rings. The molecule has 1 unspecified atom stereocenters. The first-order valence-corrected chi connectivity index (χ1v) is 11.9. The van der Waals surface area contributed by atoms with Gasteiger partial charge in [0.2, 0.25) is 5.91 Å². The molecule has 32 heavy (non-hydrogen) atoms. The van der Waals surface area contributed by atoms with Gasteiger partial charge in [-0.2, -0.15) is 5.10 Å². The molecule has 0 saturated carbocycles. The molecule has 8 nitrogen and oxygen atoms in total. The molecule has 1 aliphatic heterocycles. The number of hydrogen-bond acceptors (Lipinski definition) is 6. The highest BCUT2D eigenvalue weighted by Crippen LogP contribution is 2.33. The highest BCUT2D eigenvalue weighted by Gasteiger charge is 2.29. The van der Waals surface area contributed by atoms with Crippen molar-refractivity contribution < 1.29 is 14.3 Å². The number of aromatic nitrogens is 2. The number of nitrogens with zero attached hydrogens (tertiary/aromatic N) is 3. The van der Waals surface area contributed by atoms with Crippen LogP contribution in [0.2, 0.25) is 0 Å². The van der Waals surface area contributed by atoms with Crippen molar-refractivity contribution in [1.29, 1.82) is 0 Å². The third-order valence-corrected chi connectivity index (χ3v) is 7.24. The van der Waals surface area contributed by atoms with Crippen molar-refractivity contribution >= 4 is 43.5 Å². The number of rotatable bonds is 5. The first-order valence-electron chi connectivity index (χ1n) is 11.1. The molecule has 1 atom stereocenters. The molecule has 4 rings (SSSR count). The number of carbonyl (C=O) groups excluding carboxylic acids is 2. The number of amides is 2. The molecule has 9 heteroatoms. The summed E-state index contributed by atoms with van der Waals surface area (Å²) in [6, 6.07) is 7.07. The Morgan fingerprint density at radius 2 is 1.97 bits per heavy atom. The Kier molecular flexibility index (Phi) is 6.45. The molecule has 170 valence electrons. The maximum atomic E-state index is 13.4. The second-order valence-corrected chi connectivity index (χ2v) is 9.08. The molecule has 0 spiro atoms. The molecule has 1 aliphatic rings. The van der Waals surface area contributed by atoms with E-state index < -0.39 is 6.04 Å². The van der Waals surface area contributed by atoms with Gasteiger partial charge in [-0.05, 0) is 39.2 Å². The Bertz CT molecular complexity index is 1210. The lowest BCUT2D eigenvalue weighted by Crippen LogP contribution is -2.49. The highest BCUT2D eigenvalue weighted by molar-refractivity contribution is 7.26. The molecular formula is C23H28N4O4S. The van der Waals surface area contributed by atoms with Gasteiger partial charge >= 0.3 is 6.09 Å². The van der Waals surface area contributed by atoms with Gasteiger partial charge in [0.05, 0.1) is 22.4 Å². The Morgan fingerprint density at radius 3 is 2.66 bits per heavy atom. The highest BCUT2D eigenvalue weighted by atomic mass is 32.1. The summed E-state index contributed by atoms with van der Waals surface area (Å²) >= 11 is 1.55. The van der Waals surface area contributed by atoms with E-state index in [-0.39, 0.29) is 23.6 Å². The number of fused-ring (bicyclic) bond motifs is 3. The van der Waals surface area contributed by atoms with Crippen molar-refractivity contribution in [3.05, 3.63) is 40.3 Å². The number of carbonyl (C=O) groups is 2. The van der Waals surface area contributed by atoms with Gasteiger partial charge in [0.25, 0.3) is 5.56 Å². The maximum absolute atomic E-state index is 13.4. The number of nitrogens with one attached hydrogen (secondary N) is 1. The molecule has 0 radical (unpaired) electrons. The summed E-state index contributed by atoms with van der Waals surface area (Å²) in [4.78, 5) is 40.1. The zero-order valence-corrected chi connectivity index (χ0v) is 19.4. The topological polar surface area (TPSA) is 93.5 Å². The van der Waals surface area contributed by atoms with Crippen LogP contribution in [0.5, 0.6) is 0 Å². The van der Waals surface area contributed by atoms with Gasteiger partial charge in [-0.25, -0.2) is 9.48 Å². The summed E-state index contributed by atoms with van der Waals surface area (Å²) in [6.07, 6.45) is 1.44. The lowest BCUT2D eigenvalue weighted by Gasteiger charge is -2.32. The zero-order chi connectivity index (χ0) is 22.8. The first kappa shape index (κ1) is 22.3. The number of benzene rings is 1. The summed E-state index contributed by atoms with van der Waals surface area (Å²) in [5.41, 5.74) is 0.511. The molecule has 3 aromatic rings. The average Bonchev–Trinajstić information content (AvgIpc) is 3.19. The van der Waals surface area contributed by atoms with E-state index in [4.69, 9.17) is 4.74 Å². The van der Waals surface area contributed by atoms with Crippen LogP contribution in [0.15, 0.2) is 29.1 Å². The molecular weight excluding hydrogens is 428 g/mol.